The van der Waals surface area contributed by atoms with Crippen LogP contribution < -0.4 is 4.90 Å². The van der Waals surface area contributed by atoms with E-state index in [2.05, 4.69) is 24.1 Å². The van der Waals surface area contributed by atoms with Gasteiger partial charge in [-0.15, -0.1) is 0 Å². The van der Waals surface area contributed by atoms with Crippen molar-refractivity contribution in [2.45, 2.75) is 6.92 Å². The number of allylic oxidation sites excluding steroid dienone is 4. The SMILES string of the molecule is C=Cc1ccccc1N(C)C(=C)/C=C\C=C/C. The third-order valence-corrected chi connectivity index (χ3v) is 2.54. The van der Waals surface area contributed by atoms with Crippen LogP contribution in [0.2, 0.25) is 0 Å². The number of nitrogens with zero attached hydrogens (tertiary/aromatic N) is 1. The molecule has 88 valence electrons. The molecule has 0 spiro atoms. The van der Waals surface area contributed by atoms with Gasteiger partial charge in [-0.1, -0.05) is 55.7 Å². The van der Waals surface area contributed by atoms with Crippen molar-refractivity contribution < 1.29 is 0 Å². The largest absolute Gasteiger partial charge is 0.345 e. The summed E-state index contributed by atoms with van der Waals surface area (Å²) in [6.45, 7) is 9.86. The summed E-state index contributed by atoms with van der Waals surface area (Å²) in [5, 5.41) is 0. The lowest BCUT2D eigenvalue weighted by Crippen LogP contribution is -2.14. The third kappa shape index (κ3) is 3.49. The molecule has 1 heteroatoms. The first-order valence-electron chi connectivity index (χ1n) is 5.64. The number of anilines is 1. The minimum Gasteiger partial charge on any atom is -0.345 e. The van der Waals surface area contributed by atoms with Crippen LogP contribution in [-0.4, -0.2) is 7.05 Å². The molecule has 1 aromatic rings. The first-order chi connectivity index (χ1) is 8.20. The maximum atomic E-state index is 4.05. The molecule has 17 heavy (non-hydrogen) atoms. The first kappa shape index (κ1) is 13.0. The molecule has 0 fully saturated rings. The Labute approximate surface area is 104 Å². The average Bonchev–Trinajstić information content (AvgIpc) is 2.38. The van der Waals surface area contributed by atoms with Gasteiger partial charge < -0.3 is 4.90 Å². The molecule has 0 saturated carbocycles. The van der Waals surface area contributed by atoms with Gasteiger partial charge in [-0.05, 0) is 24.6 Å². The number of para-hydroxylation sites is 1. The smallest absolute Gasteiger partial charge is 0.0481 e. The number of hydrogen-bond acceptors (Lipinski definition) is 1. The predicted octanol–water partition coefficient (Wildman–Crippen LogP) is 4.41. The summed E-state index contributed by atoms with van der Waals surface area (Å²) < 4.78 is 0. The van der Waals surface area contributed by atoms with Crippen LogP contribution in [0.4, 0.5) is 5.69 Å². The second-order valence-corrected chi connectivity index (χ2v) is 3.70. The van der Waals surface area contributed by atoms with Crippen molar-refractivity contribution in [1.29, 1.82) is 0 Å². The molecule has 0 N–H and O–H groups in total. The predicted molar refractivity (Wildman–Crippen MR) is 78.0 cm³/mol. The standard InChI is InChI=1S/C16H19N/c1-5-7-8-11-14(3)17(4)16-13-10-9-12-15(16)6-2/h5-13H,2-3H2,1,4H3/b7-5-,11-8-. The molecule has 0 aliphatic carbocycles. The van der Waals surface area contributed by atoms with Gasteiger partial charge in [0.2, 0.25) is 0 Å². The molecule has 0 heterocycles. The van der Waals surface area contributed by atoms with E-state index in [4.69, 9.17) is 0 Å². The highest BCUT2D eigenvalue weighted by Gasteiger charge is 2.05. The van der Waals surface area contributed by atoms with Crippen LogP contribution >= 0.6 is 0 Å². The highest BCUT2D eigenvalue weighted by molar-refractivity contribution is 5.69. The second-order valence-electron chi connectivity index (χ2n) is 3.70. The Kier molecular flexibility index (Phi) is 5.02. The topological polar surface area (TPSA) is 3.24 Å². The van der Waals surface area contributed by atoms with E-state index in [1.54, 1.807) is 0 Å². The molecular weight excluding hydrogens is 206 g/mol. The Morgan fingerprint density at radius 1 is 1.24 bits per heavy atom. The Morgan fingerprint density at radius 3 is 2.59 bits per heavy atom. The van der Waals surface area contributed by atoms with E-state index in [1.165, 1.54) is 0 Å². The highest BCUT2D eigenvalue weighted by atomic mass is 15.1. The Morgan fingerprint density at radius 2 is 1.94 bits per heavy atom. The lowest BCUT2D eigenvalue weighted by Gasteiger charge is -2.21. The maximum Gasteiger partial charge on any atom is 0.0481 e. The fraction of sp³-hybridized carbons (Fsp3) is 0.125. The van der Waals surface area contributed by atoms with Crippen LogP contribution in [0.25, 0.3) is 6.08 Å². The van der Waals surface area contributed by atoms with Gasteiger partial charge in [0.1, 0.15) is 0 Å². The summed E-state index contributed by atoms with van der Waals surface area (Å²) in [6.07, 6.45) is 9.80. The Hall–Kier alpha value is -2.02. The van der Waals surface area contributed by atoms with Gasteiger partial charge in [-0.3, -0.25) is 0 Å². The summed E-state index contributed by atoms with van der Waals surface area (Å²) in [5.41, 5.74) is 3.16. The second kappa shape index (κ2) is 6.54. The summed E-state index contributed by atoms with van der Waals surface area (Å²) in [4.78, 5) is 2.05. The summed E-state index contributed by atoms with van der Waals surface area (Å²) in [5.74, 6) is 0. The van der Waals surface area contributed by atoms with Gasteiger partial charge in [0, 0.05) is 18.4 Å². The lowest BCUT2D eigenvalue weighted by atomic mass is 10.1. The molecule has 1 aromatic carbocycles. The molecule has 0 amide bonds. The number of benzene rings is 1. The molecule has 0 saturated heterocycles. The van der Waals surface area contributed by atoms with E-state index in [1.807, 2.05) is 62.6 Å². The lowest BCUT2D eigenvalue weighted by molar-refractivity contribution is 1.14. The van der Waals surface area contributed by atoms with Gasteiger partial charge in [0.05, 0.1) is 0 Å². The zero-order chi connectivity index (χ0) is 12.7. The van der Waals surface area contributed by atoms with E-state index in [9.17, 15) is 0 Å². The molecule has 0 aliphatic rings. The molecule has 1 nitrogen and oxygen atoms in total. The van der Waals surface area contributed by atoms with E-state index in [0.717, 1.165) is 16.9 Å². The summed E-state index contributed by atoms with van der Waals surface area (Å²) >= 11 is 0. The molecule has 0 aromatic heterocycles. The van der Waals surface area contributed by atoms with Crippen molar-refractivity contribution in [3.05, 3.63) is 73.0 Å². The molecule has 0 bridgehead atoms. The zero-order valence-corrected chi connectivity index (χ0v) is 10.6. The average molecular weight is 225 g/mol. The molecular formula is C16H19N. The maximum absolute atomic E-state index is 4.05. The van der Waals surface area contributed by atoms with Gasteiger partial charge in [0.25, 0.3) is 0 Å². The monoisotopic (exact) mass is 225 g/mol. The van der Waals surface area contributed by atoms with Gasteiger partial charge in [0.15, 0.2) is 0 Å². The van der Waals surface area contributed by atoms with Gasteiger partial charge in [-0.2, -0.15) is 0 Å². The van der Waals surface area contributed by atoms with E-state index in [0.29, 0.717) is 0 Å². The van der Waals surface area contributed by atoms with Crippen molar-refractivity contribution >= 4 is 11.8 Å². The van der Waals surface area contributed by atoms with Gasteiger partial charge >= 0.3 is 0 Å². The fourth-order valence-electron chi connectivity index (χ4n) is 1.51. The van der Waals surface area contributed by atoms with E-state index < -0.39 is 0 Å². The van der Waals surface area contributed by atoms with E-state index in [-0.39, 0.29) is 0 Å². The third-order valence-electron chi connectivity index (χ3n) is 2.54. The number of hydrogen-bond donors (Lipinski definition) is 0. The number of rotatable bonds is 5. The van der Waals surface area contributed by atoms with Crippen molar-refractivity contribution in [2.75, 3.05) is 11.9 Å². The molecule has 0 aliphatic heterocycles. The van der Waals surface area contributed by atoms with Gasteiger partial charge in [-0.25, -0.2) is 0 Å². The fourth-order valence-corrected chi connectivity index (χ4v) is 1.51. The molecule has 1 rings (SSSR count). The molecule has 0 atom stereocenters. The Bertz CT molecular complexity index is 452. The van der Waals surface area contributed by atoms with Crippen LogP contribution in [-0.2, 0) is 0 Å². The first-order valence-corrected chi connectivity index (χ1v) is 5.64. The van der Waals surface area contributed by atoms with Crippen LogP contribution in [0.15, 0.2) is 67.4 Å². The van der Waals surface area contributed by atoms with E-state index >= 15 is 0 Å². The molecule has 0 unspecified atom stereocenters. The normalized spacial score (nSPS) is 10.9. The van der Waals surface area contributed by atoms with Crippen molar-refractivity contribution in [3.63, 3.8) is 0 Å². The van der Waals surface area contributed by atoms with Crippen molar-refractivity contribution in [2.24, 2.45) is 0 Å². The quantitative estimate of drug-likeness (QED) is 0.671. The van der Waals surface area contributed by atoms with Crippen molar-refractivity contribution in [3.8, 4) is 0 Å². The minimum atomic E-state index is 0.942. The van der Waals surface area contributed by atoms with Crippen LogP contribution in [0, 0.1) is 0 Å². The number of likely N-dealkylation sites (N-methyl/N-ethyl adjacent to an activating group) is 1. The summed E-state index contributed by atoms with van der Waals surface area (Å²) in [7, 11) is 2.00. The van der Waals surface area contributed by atoms with Crippen LogP contribution in [0.3, 0.4) is 0 Å². The van der Waals surface area contributed by atoms with Crippen molar-refractivity contribution in [1.82, 2.24) is 0 Å². The Balaban J connectivity index is 2.92. The minimum absolute atomic E-state index is 0.942. The summed E-state index contributed by atoms with van der Waals surface area (Å²) in [6, 6.07) is 8.13. The highest BCUT2D eigenvalue weighted by Crippen LogP contribution is 2.23. The zero-order valence-electron chi connectivity index (χ0n) is 10.6. The van der Waals surface area contributed by atoms with Crippen LogP contribution in [0.5, 0.6) is 0 Å². The van der Waals surface area contributed by atoms with Crippen LogP contribution in [0.1, 0.15) is 12.5 Å². The molecule has 0 radical (unpaired) electrons.